The first-order valence-corrected chi connectivity index (χ1v) is 7.46. The van der Waals surface area contributed by atoms with Crippen LogP contribution < -0.4 is 0 Å². The van der Waals surface area contributed by atoms with Gasteiger partial charge < -0.3 is 4.74 Å². The Labute approximate surface area is 115 Å². The SMILES string of the molecule is COC(=O)c1cccn2c(C3CCCSC3)nnc12. The molecule has 2 aromatic rings. The van der Waals surface area contributed by atoms with Crippen LogP contribution in [-0.2, 0) is 4.74 Å². The van der Waals surface area contributed by atoms with Gasteiger partial charge in [-0.2, -0.15) is 11.8 Å². The van der Waals surface area contributed by atoms with Crippen molar-refractivity contribution < 1.29 is 9.53 Å². The number of pyridine rings is 1. The molecule has 0 radical (unpaired) electrons. The van der Waals surface area contributed by atoms with Gasteiger partial charge >= 0.3 is 5.97 Å². The van der Waals surface area contributed by atoms with Crippen molar-refractivity contribution in [1.82, 2.24) is 14.6 Å². The van der Waals surface area contributed by atoms with Crippen LogP contribution in [0.2, 0.25) is 0 Å². The van der Waals surface area contributed by atoms with Crippen LogP contribution in [0.4, 0.5) is 0 Å². The summed E-state index contributed by atoms with van der Waals surface area (Å²) in [5.74, 6) is 3.29. The molecule has 3 rings (SSSR count). The van der Waals surface area contributed by atoms with E-state index in [9.17, 15) is 4.79 Å². The number of nitrogens with zero attached hydrogens (tertiary/aromatic N) is 3. The third kappa shape index (κ3) is 2.20. The number of fused-ring (bicyclic) bond motifs is 1. The minimum absolute atomic E-state index is 0.373. The molecule has 0 aromatic carbocycles. The van der Waals surface area contributed by atoms with Crippen molar-refractivity contribution in [3.8, 4) is 0 Å². The zero-order valence-electron chi connectivity index (χ0n) is 10.7. The molecule has 1 unspecified atom stereocenters. The van der Waals surface area contributed by atoms with E-state index in [1.54, 1.807) is 6.07 Å². The quantitative estimate of drug-likeness (QED) is 0.787. The second kappa shape index (κ2) is 5.21. The Morgan fingerprint density at radius 1 is 1.53 bits per heavy atom. The van der Waals surface area contributed by atoms with Gasteiger partial charge in [0.25, 0.3) is 0 Å². The molecule has 0 N–H and O–H groups in total. The van der Waals surface area contributed by atoms with E-state index in [-0.39, 0.29) is 5.97 Å². The van der Waals surface area contributed by atoms with Crippen molar-refractivity contribution in [2.75, 3.05) is 18.6 Å². The summed E-state index contributed by atoms with van der Waals surface area (Å²) in [6.45, 7) is 0. The van der Waals surface area contributed by atoms with Gasteiger partial charge in [0.2, 0.25) is 0 Å². The molecule has 0 saturated carbocycles. The van der Waals surface area contributed by atoms with E-state index >= 15 is 0 Å². The van der Waals surface area contributed by atoms with Gasteiger partial charge in [0, 0.05) is 17.9 Å². The maximum Gasteiger partial charge on any atom is 0.341 e. The largest absolute Gasteiger partial charge is 0.465 e. The lowest BCUT2D eigenvalue weighted by Crippen LogP contribution is -2.12. The zero-order valence-corrected chi connectivity index (χ0v) is 11.5. The number of aromatic nitrogens is 3. The lowest BCUT2D eigenvalue weighted by molar-refractivity contribution is 0.0602. The van der Waals surface area contributed by atoms with Gasteiger partial charge in [-0.3, -0.25) is 4.40 Å². The zero-order chi connectivity index (χ0) is 13.2. The molecule has 3 heterocycles. The highest BCUT2D eigenvalue weighted by Crippen LogP contribution is 2.30. The molecule has 0 spiro atoms. The van der Waals surface area contributed by atoms with E-state index in [1.807, 2.05) is 28.4 Å². The molecule has 1 aliphatic rings. The van der Waals surface area contributed by atoms with Gasteiger partial charge in [-0.25, -0.2) is 4.79 Å². The van der Waals surface area contributed by atoms with Gasteiger partial charge in [0.1, 0.15) is 11.4 Å². The molecular weight excluding hydrogens is 262 g/mol. The first-order valence-electron chi connectivity index (χ1n) is 6.31. The second-order valence-corrected chi connectivity index (χ2v) is 5.73. The highest BCUT2D eigenvalue weighted by atomic mass is 32.2. The first-order chi connectivity index (χ1) is 9.31. The minimum atomic E-state index is -0.373. The topological polar surface area (TPSA) is 56.5 Å². The number of carbonyl (C=O) groups excluding carboxylic acids is 1. The van der Waals surface area contributed by atoms with Crippen LogP contribution >= 0.6 is 11.8 Å². The maximum atomic E-state index is 11.7. The summed E-state index contributed by atoms with van der Waals surface area (Å²) in [6, 6.07) is 3.55. The Balaban J connectivity index is 2.05. The van der Waals surface area contributed by atoms with Crippen LogP contribution in [-0.4, -0.2) is 39.2 Å². The van der Waals surface area contributed by atoms with Crippen molar-refractivity contribution in [2.45, 2.75) is 18.8 Å². The smallest absolute Gasteiger partial charge is 0.341 e. The van der Waals surface area contributed by atoms with Crippen LogP contribution in [0.25, 0.3) is 5.65 Å². The van der Waals surface area contributed by atoms with E-state index in [4.69, 9.17) is 4.74 Å². The molecule has 19 heavy (non-hydrogen) atoms. The molecule has 1 fully saturated rings. The summed E-state index contributed by atoms with van der Waals surface area (Å²) in [6.07, 6.45) is 4.26. The van der Waals surface area contributed by atoms with Gasteiger partial charge in [-0.1, -0.05) is 0 Å². The predicted octanol–water partition coefficient (Wildman–Crippen LogP) is 2.13. The molecule has 1 aliphatic heterocycles. The standard InChI is InChI=1S/C13H15N3O2S/c1-18-13(17)10-5-2-6-16-11(14-15-12(10)16)9-4-3-7-19-8-9/h2,5-6,9H,3-4,7-8H2,1H3. The van der Waals surface area contributed by atoms with Crippen molar-refractivity contribution in [1.29, 1.82) is 0 Å². The summed E-state index contributed by atoms with van der Waals surface area (Å²) < 4.78 is 6.69. The predicted molar refractivity (Wildman–Crippen MR) is 73.6 cm³/mol. The summed E-state index contributed by atoms with van der Waals surface area (Å²) in [7, 11) is 1.38. The number of ether oxygens (including phenoxy) is 1. The number of hydrogen-bond acceptors (Lipinski definition) is 5. The molecule has 100 valence electrons. The van der Waals surface area contributed by atoms with E-state index in [0.717, 1.165) is 18.0 Å². The Bertz CT molecular complexity index is 605. The highest BCUT2D eigenvalue weighted by molar-refractivity contribution is 7.99. The van der Waals surface area contributed by atoms with Crippen molar-refractivity contribution in [2.24, 2.45) is 0 Å². The average Bonchev–Trinajstić information content (AvgIpc) is 2.91. The van der Waals surface area contributed by atoms with Crippen LogP contribution in [0, 0.1) is 0 Å². The third-order valence-corrected chi connectivity index (χ3v) is 4.61. The number of rotatable bonds is 2. The number of carbonyl (C=O) groups is 1. The lowest BCUT2D eigenvalue weighted by atomic mass is 10.0. The Kier molecular flexibility index (Phi) is 3.42. The van der Waals surface area contributed by atoms with E-state index < -0.39 is 0 Å². The normalized spacial score (nSPS) is 19.5. The molecule has 0 bridgehead atoms. The molecule has 6 heteroatoms. The Hall–Kier alpha value is -1.56. The molecule has 0 aliphatic carbocycles. The Morgan fingerprint density at radius 3 is 3.16 bits per heavy atom. The van der Waals surface area contributed by atoms with Crippen LogP contribution in [0.5, 0.6) is 0 Å². The van der Waals surface area contributed by atoms with Crippen molar-refractivity contribution in [3.63, 3.8) is 0 Å². The fourth-order valence-electron chi connectivity index (χ4n) is 2.43. The molecule has 0 amide bonds. The van der Waals surface area contributed by atoms with E-state index in [0.29, 0.717) is 17.1 Å². The fraction of sp³-hybridized carbons (Fsp3) is 0.462. The average molecular weight is 277 g/mol. The van der Waals surface area contributed by atoms with Crippen LogP contribution in [0.15, 0.2) is 18.3 Å². The molecule has 1 saturated heterocycles. The van der Waals surface area contributed by atoms with E-state index in [1.165, 1.54) is 19.3 Å². The lowest BCUT2D eigenvalue weighted by Gasteiger charge is -2.19. The van der Waals surface area contributed by atoms with Gasteiger partial charge in [0.05, 0.1) is 7.11 Å². The third-order valence-electron chi connectivity index (χ3n) is 3.39. The molecular formula is C13H15N3O2S. The maximum absolute atomic E-state index is 11.7. The van der Waals surface area contributed by atoms with E-state index in [2.05, 4.69) is 10.2 Å². The highest BCUT2D eigenvalue weighted by Gasteiger charge is 2.23. The summed E-state index contributed by atoms with van der Waals surface area (Å²) in [5.41, 5.74) is 1.05. The molecule has 2 aromatic heterocycles. The fourth-order valence-corrected chi connectivity index (χ4v) is 3.56. The molecule has 1 atom stereocenters. The summed E-state index contributed by atoms with van der Waals surface area (Å²) in [4.78, 5) is 11.7. The number of esters is 1. The van der Waals surface area contributed by atoms with Gasteiger partial charge in [-0.05, 0) is 30.7 Å². The van der Waals surface area contributed by atoms with Gasteiger partial charge in [0.15, 0.2) is 5.65 Å². The van der Waals surface area contributed by atoms with Gasteiger partial charge in [-0.15, -0.1) is 10.2 Å². The van der Waals surface area contributed by atoms with Crippen LogP contribution in [0.3, 0.4) is 0 Å². The number of methoxy groups -OCH3 is 1. The Morgan fingerprint density at radius 2 is 2.42 bits per heavy atom. The second-order valence-electron chi connectivity index (χ2n) is 4.58. The first kappa shape index (κ1) is 12.5. The summed E-state index contributed by atoms with van der Waals surface area (Å²) in [5, 5.41) is 8.45. The minimum Gasteiger partial charge on any atom is -0.465 e. The molecule has 5 nitrogen and oxygen atoms in total. The number of thioether (sulfide) groups is 1. The van der Waals surface area contributed by atoms with Crippen molar-refractivity contribution >= 4 is 23.4 Å². The van der Waals surface area contributed by atoms with Crippen LogP contribution in [0.1, 0.15) is 34.9 Å². The van der Waals surface area contributed by atoms with Crippen molar-refractivity contribution in [3.05, 3.63) is 29.7 Å². The summed E-state index contributed by atoms with van der Waals surface area (Å²) >= 11 is 1.95. The number of hydrogen-bond donors (Lipinski definition) is 0. The monoisotopic (exact) mass is 277 g/mol.